The van der Waals surface area contributed by atoms with Crippen molar-refractivity contribution in [1.29, 1.82) is 0 Å². The number of carboxylic acids is 1. The summed E-state index contributed by atoms with van der Waals surface area (Å²) in [5.41, 5.74) is -0.361. The van der Waals surface area contributed by atoms with Crippen LogP contribution in [0.3, 0.4) is 0 Å². The largest absolute Gasteiger partial charge is 0.481 e. The number of benzene rings is 1. The van der Waals surface area contributed by atoms with Crippen LogP contribution < -0.4 is 10.6 Å². The lowest BCUT2D eigenvalue weighted by Crippen LogP contribution is -2.31. The Labute approximate surface area is 102 Å². The van der Waals surface area contributed by atoms with E-state index in [2.05, 4.69) is 5.32 Å². The summed E-state index contributed by atoms with van der Waals surface area (Å²) in [7, 11) is 0. The number of carbonyl (C=O) groups is 2. The molecule has 0 fully saturated rings. The van der Waals surface area contributed by atoms with E-state index in [0.717, 1.165) is 6.07 Å². The van der Waals surface area contributed by atoms with Crippen LogP contribution in [0.2, 0.25) is 0 Å². The molecule has 0 aliphatic heterocycles. The van der Waals surface area contributed by atoms with E-state index >= 15 is 0 Å². The van der Waals surface area contributed by atoms with Crippen molar-refractivity contribution in [1.82, 2.24) is 5.32 Å². The molecule has 5 nitrogen and oxygen atoms in total. The van der Waals surface area contributed by atoms with Crippen molar-refractivity contribution < 1.29 is 23.5 Å². The minimum atomic E-state index is -1.08. The van der Waals surface area contributed by atoms with Crippen LogP contribution in [0.1, 0.15) is 12.0 Å². The Morgan fingerprint density at radius 3 is 2.61 bits per heavy atom. The van der Waals surface area contributed by atoms with Gasteiger partial charge in [0.2, 0.25) is 0 Å². The fraction of sp³-hybridized carbons (Fsp3) is 0.273. The summed E-state index contributed by atoms with van der Waals surface area (Å²) in [6.45, 7) is 1.30. The van der Waals surface area contributed by atoms with Gasteiger partial charge in [-0.15, -0.1) is 0 Å². The Bertz CT molecular complexity index is 478. The van der Waals surface area contributed by atoms with E-state index in [-0.39, 0.29) is 18.5 Å². The molecule has 0 aliphatic rings. The molecule has 0 unspecified atom stereocenters. The number of urea groups is 1. The number of aryl methyl sites for hydroxylation is 1. The Balaban J connectivity index is 2.65. The van der Waals surface area contributed by atoms with E-state index in [1.807, 2.05) is 5.32 Å². The maximum Gasteiger partial charge on any atom is 0.319 e. The van der Waals surface area contributed by atoms with E-state index < -0.39 is 29.3 Å². The fourth-order valence-electron chi connectivity index (χ4n) is 1.21. The Morgan fingerprint density at radius 2 is 2.00 bits per heavy atom. The highest BCUT2D eigenvalue weighted by molar-refractivity contribution is 5.89. The van der Waals surface area contributed by atoms with E-state index in [9.17, 15) is 18.4 Å². The van der Waals surface area contributed by atoms with Crippen LogP contribution in [0.4, 0.5) is 19.3 Å². The van der Waals surface area contributed by atoms with Crippen molar-refractivity contribution >= 4 is 17.7 Å². The molecule has 0 saturated heterocycles. The van der Waals surface area contributed by atoms with Crippen molar-refractivity contribution in [2.45, 2.75) is 13.3 Å². The van der Waals surface area contributed by atoms with E-state index in [0.29, 0.717) is 0 Å². The van der Waals surface area contributed by atoms with Gasteiger partial charge in [-0.2, -0.15) is 0 Å². The molecular weight excluding hydrogens is 246 g/mol. The molecule has 1 aromatic rings. The molecule has 1 rings (SSSR count). The van der Waals surface area contributed by atoms with Crippen molar-refractivity contribution in [3.63, 3.8) is 0 Å². The molecule has 0 saturated carbocycles. The monoisotopic (exact) mass is 258 g/mol. The minimum absolute atomic E-state index is 0.129. The molecule has 0 aliphatic carbocycles. The molecule has 2 amide bonds. The number of carboxylic acid groups (broad SMARTS) is 1. The van der Waals surface area contributed by atoms with Crippen LogP contribution in [0.15, 0.2) is 12.1 Å². The van der Waals surface area contributed by atoms with Crippen LogP contribution in [0.5, 0.6) is 0 Å². The third kappa shape index (κ3) is 3.69. The van der Waals surface area contributed by atoms with Gasteiger partial charge in [0.25, 0.3) is 0 Å². The summed E-state index contributed by atoms with van der Waals surface area (Å²) in [5, 5.41) is 12.5. The van der Waals surface area contributed by atoms with Gasteiger partial charge < -0.3 is 15.7 Å². The van der Waals surface area contributed by atoms with Crippen LogP contribution in [-0.2, 0) is 4.79 Å². The first-order chi connectivity index (χ1) is 8.41. The summed E-state index contributed by atoms with van der Waals surface area (Å²) in [6, 6.07) is 1.42. The normalized spacial score (nSPS) is 9.94. The SMILES string of the molecule is Cc1ccc(F)c(NC(=O)NCCC(=O)O)c1F. The number of anilines is 1. The number of hydrogen-bond acceptors (Lipinski definition) is 2. The number of rotatable bonds is 4. The van der Waals surface area contributed by atoms with E-state index in [1.54, 1.807) is 0 Å². The van der Waals surface area contributed by atoms with Gasteiger partial charge in [0, 0.05) is 6.54 Å². The zero-order valence-electron chi connectivity index (χ0n) is 9.59. The zero-order chi connectivity index (χ0) is 13.7. The van der Waals surface area contributed by atoms with Gasteiger partial charge in [0.15, 0.2) is 5.82 Å². The summed E-state index contributed by atoms with van der Waals surface area (Å²) in [4.78, 5) is 21.5. The lowest BCUT2D eigenvalue weighted by molar-refractivity contribution is -0.136. The first-order valence-electron chi connectivity index (χ1n) is 5.13. The third-order valence-electron chi connectivity index (χ3n) is 2.15. The molecule has 0 aromatic heterocycles. The van der Waals surface area contributed by atoms with Crippen molar-refractivity contribution in [3.05, 3.63) is 29.3 Å². The van der Waals surface area contributed by atoms with Crippen LogP contribution in [-0.4, -0.2) is 23.7 Å². The topological polar surface area (TPSA) is 78.4 Å². The second kappa shape index (κ2) is 5.95. The average Bonchev–Trinajstić information content (AvgIpc) is 2.29. The molecule has 0 radical (unpaired) electrons. The summed E-state index contributed by atoms with van der Waals surface area (Å²) in [5.74, 6) is -2.84. The number of hydrogen-bond donors (Lipinski definition) is 3. The lowest BCUT2D eigenvalue weighted by atomic mass is 10.2. The van der Waals surface area contributed by atoms with E-state index in [4.69, 9.17) is 5.11 Å². The quantitative estimate of drug-likeness (QED) is 0.771. The Morgan fingerprint density at radius 1 is 1.33 bits per heavy atom. The summed E-state index contributed by atoms with van der Waals surface area (Å²) < 4.78 is 26.8. The molecular formula is C11H12F2N2O3. The van der Waals surface area contributed by atoms with Gasteiger partial charge in [-0.3, -0.25) is 4.79 Å². The standard InChI is InChI=1S/C11H12F2N2O3/c1-6-2-3-7(12)10(9(6)13)15-11(18)14-5-4-8(16)17/h2-3H,4-5H2,1H3,(H,16,17)(H2,14,15,18). The number of aliphatic carboxylic acids is 1. The smallest absolute Gasteiger partial charge is 0.319 e. The van der Waals surface area contributed by atoms with Crippen LogP contribution in [0, 0.1) is 18.6 Å². The van der Waals surface area contributed by atoms with Gasteiger partial charge in [0.05, 0.1) is 6.42 Å². The predicted octanol–water partition coefficient (Wildman–Crippen LogP) is 1.87. The minimum Gasteiger partial charge on any atom is -0.481 e. The van der Waals surface area contributed by atoms with Gasteiger partial charge in [0.1, 0.15) is 11.5 Å². The average molecular weight is 258 g/mol. The molecule has 18 heavy (non-hydrogen) atoms. The molecule has 1 aromatic carbocycles. The van der Waals surface area contributed by atoms with Crippen LogP contribution >= 0.6 is 0 Å². The highest BCUT2D eigenvalue weighted by atomic mass is 19.1. The third-order valence-corrected chi connectivity index (χ3v) is 2.15. The predicted molar refractivity (Wildman–Crippen MR) is 60.4 cm³/mol. The molecule has 0 bridgehead atoms. The maximum absolute atomic E-state index is 13.5. The lowest BCUT2D eigenvalue weighted by Gasteiger charge is -2.09. The Kier molecular flexibility index (Phi) is 4.59. The molecule has 98 valence electrons. The number of nitrogens with one attached hydrogen (secondary N) is 2. The molecule has 0 heterocycles. The van der Waals surface area contributed by atoms with Gasteiger partial charge >= 0.3 is 12.0 Å². The fourth-order valence-corrected chi connectivity index (χ4v) is 1.21. The van der Waals surface area contributed by atoms with Gasteiger partial charge in [-0.05, 0) is 18.6 Å². The molecule has 7 heteroatoms. The second-order valence-electron chi connectivity index (χ2n) is 3.58. The van der Waals surface area contributed by atoms with Gasteiger partial charge in [-0.25, -0.2) is 13.6 Å². The maximum atomic E-state index is 13.5. The highest BCUT2D eigenvalue weighted by Gasteiger charge is 2.14. The second-order valence-corrected chi connectivity index (χ2v) is 3.58. The first-order valence-corrected chi connectivity index (χ1v) is 5.13. The number of amides is 2. The van der Waals surface area contributed by atoms with E-state index in [1.165, 1.54) is 13.0 Å². The number of halogens is 2. The van der Waals surface area contributed by atoms with Crippen molar-refractivity contribution in [2.75, 3.05) is 11.9 Å². The number of carbonyl (C=O) groups excluding carboxylic acids is 1. The van der Waals surface area contributed by atoms with Crippen molar-refractivity contribution in [3.8, 4) is 0 Å². The summed E-state index contributed by atoms with van der Waals surface area (Å²) in [6.07, 6.45) is -0.272. The Hall–Kier alpha value is -2.18. The molecule has 3 N–H and O–H groups in total. The molecule has 0 atom stereocenters. The van der Waals surface area contributed by atoms with Crippen LogP contribution in [0.25, 0.3) is 0 Å². The first kappa shape index (κ1) is 13.9. The summed E-state index contributed by atoms with van der Waals surface area (Å²) >= 11 is 0. The molecule has 0 spiro atoms. The van der Waals surface area contributed by atoms with Gasteiger partial charge in [-0.1, -0.05) is 6.07 Å². The van der Waals surface area contributed by atoms with Crippen molar-refractivity contribution in [2.24, 2.45) is 0 Å². The highest BCUT2D eigenvalue weighted by Crippen LogP contribution is 2.21. The zero-order valence-corrected chi connectivity index (χ0v) is 9.59.